The smallest absolute Gasteiger partial charge is 0.146 e. The molecule has 0 fully saturated rings. The third-order valence-electron chi connectivity index (χ3n) is 1.56. The molecule has 1 aromatic rings. The average Bonchev–Trinajstić information content (AvgIpc) is 2.05. The van der Waals surface area contributed by atoms with Crippen LogP contribution in [0, 0.1) is 5.82 Å². The van der Waals surface area contributed by atoms with Crippen molar-refractivity contribution in [2.45, 2.75) is 12.5 Å². The van der Waals surface area contributed by atoms with Crippen LogP contribution < -0.4 is 5.73 Å². The van der Waals surface area contributed by atoms with Gasteiger partial charge in [0.2, 0.25) is 0 Å². The van der Waals surface area contributed by atoms with Gasteiger partial charge in [-0.2, -0.15) is 0 Å². The van der Waals surface area contributed by atoms with E-state index in [9.17, 15) is 4.39 Å². The summed E-state index contributed by atoms with van der Waals surface area (Å²) in [6, 6.07) is 2.51. The van der Waals surface area contributed by atoms with Gasteiger partial charge in [-0.15, -0.1) is 6.58 Å². The van der Waals surface area contributed by atoms with E-state index in [0.717, 1.165) is 0 Å². The van der Waals surface area contributed by atoms with Gasteiger partial charge in [0.15, 0.2) is 0 Å². The van der Waals surface area contributed by atoms with Crippen molar-refractivity contribution in [3.05, 3.63) is 42.5 Å². The molecule has 0 unspecified atom stereocenters. The number of rotatable bonds is 3. The molecule has 64 valence electrons. The van der Waals surface area contributed by atoms with Crippen LogP contribution in [0.2, 0.25) is 0 Å². The van der Waals surface area contributed by atoms with Gasteiger partial charge in [0.05, 0.1) is 11.7 Å². The minimum atomic E-state index is -0.385. The Labute approximate surface area is 70.9 Å². The van der Waals surface area contributed by atoms with Gasteiger partial charge in [0, 0.05) is 6.20 Å². The molecule has 2 nitrogen and oxygen atoms in total. The van der Waals surface area contributed by atoms with Gasteiger partial charge in [0.25, 0.3) is 0 Å². The Bertz CT molecular complexity index is 273. The number of hydrogen-bond acceptors (Lipinski definition) is 2. The molecule has 0 aliphatic heterocycles. The molecule has 0 aliphatic carbocycles. The van der Waals surface area contributed by atoms with E-state index in [1.165, 1.54) is 12.3 Å². The number of pyridine rings is 1. The lowest BCUT2D eigenvalue weighted by Crippen LogP contribution is -2.12. The predicted molar refractivity (Wildman–Crippen MR) is 45.9 cm³/mol. The summed E-state index contributed by atoms with van der Waals surface area (Å²) < 4.78 is 13.0. The van der Waals surface area contributed by atoms with Crippen molar-refractivity contribution in [3.8, 4) is 0 Å². The summed E-state index contributed by atoms with van der Waals surface area (Å²) in [5.41, 5.74) is 5.94. The molecule has 0 amide bonds. The number of nitrogens with two attached hydrogens (primary N) is 1. The largest absolute Gasteiger partial charge is 0.322 e. The topological polar surface area (TPSA) is 38.9 Å². The zero-order valence-corrected chi connectivity index (χ0v) is 6.70. The van der Waals surface area contributed by atoms with Crippen LogP contribution in [0.25, 0.3) is 0 Å². The summed E-state index contributed by atoms with van der Waals surface area (Å²) in [4.78, 5) is 3.85. The maximum Gasteiger partial charge on any atom is 0.146 e. The van der Waals surface area contributed by atoms with E-state index in [1.807, 2.05) is 0 Å². The van der Waals surface area contributed by atoms with Crippen LogP contribution in [-0.4, -0.2) is 4.98 Å². The Morgan fingerprint density at radius 3 is 3.08 bits per heavy atom. The van der Waals surface area contributed by atoms with Gasteiger partial charge in [0.1, 0.15) is 5.82 Å². The number of hydrogen-bond donors (Lipinski definition) is 1. The van der Waals surface area contributed by atoms with Crippen LogP contribution in [0.4, 0.5) is 4.39 Å². The molecule has 0 aromatic carbocycles. The van der Waals surface area contributed by atoms with Gasteiger partial charge in [-0.1, -0.05) is 6.08 Å². The summed E-state index contributed by atoms with van der Waals surface area (Å²) in [5.74, 6) is -0.355. The van der Waals surface area contributed by atoms with Crippen LogP contribution in [0.1, 0.15) is 18.2 Å². The van der Waals surface area contributed by atoms with Crippen LogP contribution in [0.15, 0.2) is 31.0 Å². The first-order valence-corrected chi connectivity index (χ1v) is 3.72. The van der Waals surface area contributed by atoms with Crippen molar-refractivity contribution in [1.29, 1.82) is 0 Å². The highest BCUT2D eigenvalue weighted by atomic mass is 19.1. The average molecular weight is 166 g/mol. The van der Waals surface area contributed by atoms with Crippen molar-refractivity contribution >= 4 is 0 Å². The second kappa shape index (κ2) is 3.97. The molecule has 1 atom stereocenters. The summed E-state index contributed by atoms with van der Waals surface area (Å²) in [7, 11) is 0. The van der Waals surface area contributed by atoms with E-state index in [4.69, 9.17) is 5.73 Å². The third-order valence-corrected chi connectivity index (χ3v) is 1.56. The fourth-order valence-corrected chi connectivity index (χ4v) is 0.962. The lowest BCUT2D eigenvalue weighted by Gasteiger charge is -2.07. The highest BCUT2D eigenvalue weighted by Gasteiger charge is 2.09. The van der Waals surface area contributed by atoms with Crippen molar-refractivity contribution in [1.82, 2.24) is 4.98 Å². The van der Waals surface area contributed by atoms with Crippen molar-refractivity contribution in [2.24, 2.45) is 5.73 Å². The zero-order chi connectivity index (χ0) is 8.97. The SMILES string of the molecule is C=CC[C@@H](N)c1ncccc1F. The van der Waals surface area contributed by atoms with E-state index in [2.05, 4.69) is 11.6 Å². The Balaban J connectivity index is 2.86. The minimum absolute atomic E-state index is 0.303. The van der Waals surface area contributed by atoms with Gasteiger partial charge < -0.3 is 5.73 Å². The molecule has 2 N–H and O–H groups in total. The first kappa shape index (κ1) is 8.87. The van der Waals surface area contributed by atoms with Gasteiger partial charge in [-0.05, 0) is 18.6 Å². The predicted octanol–water partition coefficient (Wildman–Crippen LogP) is 1.80. The number of aromatic nitrogens is 1. The third kappa shape index (κ3) is 1.89. The normalized spacial score (nSPS) is 12.5. The second-order valence-corrected chi connectivity index (χ2v) is 2.50. The lowest BCUT2D eigenvalue weighted by atomic mass is 10.1. The summed E-state index contributed by atoms with van der Waals surface area (Å²) >= 11 is 0. The van der Waals surface area contributed by atoms with E-state index in [1.54, 1.807) is 12.1 Å². The van der Waals surface area contributed by atoms with Crippen molar-refractivity contribution < 1.29 is 4.39 Å². The Morgan fingerprint density at radius 1 is 1.75 bits per heavy atom. The van der Waals surface area contributed by atoms with Gasteiger partial charge in [-0.3, -0.25) is 4.98 Å². The molecule has 0 saturated carbocycles. The quantitative estimate of drug-likeness (QED) is 0.695. The fraction of sp³-hybridized carbons (Fsp3) is 0.222. The standard InChI is InChI=1S/C9H11FN2/c1-2-4-8(11)9-7(10)5-3-6-12-9/h2-3,5-6,8H,1,4,11H2/t8-/m1/s1. The van der Waals surface area contributed by atoms with E-state index in [-0.39, 0.29) is 11.9 Å². The van der Waals surface area contributed by atoms with E-state index < -0.39 is 0 Å². The molecule has 12 heavy (non-hydrogen) atoms. The first-order chi connectivity index (χ1) is 5.75. The molecular formula is C9H11FN2. The highest BCUT2D eigenvalue weighted by Crippen LogP contribution is 2.14. The summed E-state index contributed by atoms with van der Waals surface area (Å²) in [5, 5.41) is 0. The first-order valence-electron chi connectivity index (χ1n) is 3.72. The van der Waals surface area contributed by atoms with Crippen molar-refractivity contribution in [3.63, 3.8) is 0 Å². The van der Waals surface area contributed by atoms with E-state index in [0.29, 0.717) is 12.1 Å². The molecule has 3 heteroatoms. The monoisotopic (exact) mass is 166 g/mol. The van der Waals surface area contributed by atoms with Crippen LogP contribution >= 0.6 is 0 Å². The molecule has 1 aromatic heterocycles. The summed E-state index contributed by atoms with van der Waals surface area (Å²) in [6.07, 6.45) is 3.72. The molecule has 0 spiro atoms. The minimum Gasteiger partial charge on any atom is -0.322 e. The van der Waals surface area contributed by atoms with Crippen LogP contribution in [0.5, 0.6) is 0 Å². The maximum atomic E-state index is 13.0. The number of nitrogens with zero attached hydrogens (tertiary/aromatic N) is 1. The zero-order valence-electron chi connectivity index (χ0n) is 6.70. The molecule has 0 saturated heterocycles. The van der Waals surface area contributed by atoms with Crippen LogP contribution in [-0.2, 0) is 0 Å². The van der Waals surface area contributed by atoms with Crippen LogP contribution in [0.3, 0.4) is 0 Å². The molecule has 1 rings (SSSR count). The highest BCUT2D eigenvalue weighted by molar-refractivity contribution is 5.11. The van der Waals surface area contributed by atoms with E-state index >= 15 is 0 Å². The molecule has 1 heterocycles. The fourth-order valence-electron chi connectivity index (χ4n) is 0.962. The number of halogens is 1. The Hall–Kier alpha value is -1.22. The second-order valence-electron chi connectivity index (χ2n) is 2.50. The molecular weight excluding hydrogens is 155 g/mol. The summed E-state index contributed by atoms with van der Waals surface area (Å²) in [6.45, 7) is 3.53. The maximum absolute atomic E-state index is 13.0. The molecule has 0 aliphatic rings. The van der Waals surface area contributed by atoms with Gasteiger partial charge >= 0.3 is 0 Å². The molecule has 0 radical (unpaired) electrons. The van der Waals surface area contributed by atoms with Crippen molar-refractivity contribution in [2.75, 3.05) is 0 Å². The Kier molecular flexibility index (Phi) is 2.94. The molecule has 0 bridgehead atoms. The Morgan fingerprint density at radius 2 is 2.50 bits per heavy atom. The van der Waals surface area contributed by atoms with Gasteiger partial charge in [-0.25, -0.2) is 4.39 Å². The lowest BCUT2D eigenvalue weighted by molar-refractivity contribution is 0.567.